The molecule has 0 aliphatic carbocycles. The number of carbonyl (C=O) groups is 2. The van der Waals surface area contributed by atoms with Crippen LogP contribution in [0.4, 0.5) is 0 Å². The number of rotatable bonds is 12. The number of aliphatic hydroxyl groups excluding tert-OH is 1. The van der Waals surface area contributed by atoms with Crippen molar-refractivity contribution in [1.29, 1.82) is 0 Å². The second-order valence-corrected chi connectivity index (χ2v) is 7.29. The predicted molar refractivity (Wildman–Crippen MR) is 97.9 cm³/mol. The van der Waals surface area contributed by atoms with Crippen molar-refractivity contribution in [2.45, 2.75) is 84.5 Å². The maximum atomic E-state index is 11.8. The molecule has 4 nitrogen and oxygen atoms in total. The number of unbranched alkanes of at least 4 members (excludes halogenated alkanes) is 7. The van der Waals surface area contributed by atoms with Crippen molar-refractivity contribution >= 4 is 11.7 Å². The van der Waals surface area contributed by atoms with Crippen molar-refractivity contribution in [3.63, 3.8) is 0 Å². The molecular formula is C20H35NO3. The van der Waals surface area contributed by atoms with Crippen LogP contribution in [-0.4, -0.2) is 35.3 Å². The Bertz CT molecular complexity index is 442. The van der Waals surface area contributed by atoms with E-state index < -0.39 is 0 Å². The van der Waals surface area contributed by atoms with E-state index in [1.54, 1.807) is 7.05 Å². The first-order valence-electron chi connectivity index (χ1n) is 9.68. The zero-order valence-electron chi connectivity index (χ0n) is 15.8. The number of aliphatic hydroxyl groups is 1. The molecule has 1 heterocycles. The highest BCUT2D eigenvalue weighted by atomic mass is 16.3. The van der Waals surface area contributed by atoms with Gasteiger partial charge >= 0.3 is 0 Å². The quantitative estimate of drug-likeness (QED) is 0.241. The Kier molecular flexibility index (Phi) is 9.73. The first kappa shape index (κ1) is 20.7. The Morgan fingerprint density at radius 3 is 2.08 bits per heavy atom. The number of amides is 1. The van der Waals surface area contributed by atoms with Gasteiger partial charge in [0.2, 0.25) is 0 Å². The first-order valence-corrected chi connectivity index (χ1v) is 9.68. The van der Waals surface area contributed by atoms with E-state index in [4.69, 9.17) is 0 Å². The molecule has 4 heteroatoms. The fourth-order valence-corrected chi connectivity index (χ4v) is 3.14. The van der Waals surface area contributed by atoms with Gasteiger partial charge in [0.05, 0.1) is 6.54 Å². The summed E-state index contributed by atoms with van der Waals surface area (Å²) >= 11 is 0. The van der Waals surface area contributed by atoms with Gasteiger partial charge in [-0.25, -0.2) is 0 Å². The molecule has 1 rings (SSSR count). The zero-order chi connectivity index (χ0) is 17.9. The summed E-state index contributed by atoms with van der Waals surface area (Å²) in [6, 6.07) is 0. The molecule has 0 aromatic heterocycles. The summed E-state index contributed by atoms with van der Waals surface area (Å²) in [5, 5.41) is 9.98. The number of carbonyl (C=O) groups excluding carboxylic acids is 2. The van der Waals surface area contributed by atoms with Gasteiger partial charge in [-0.1, -0.05) is 71.6 Å². The lowest BCUT2D eigenvalue weighted by Crippen LogP contribution is -2.19. The Morgan fingerprint density at radius 1 is 1.04 bits per heavy atom. The van der Waals surface area contributed by atoms with Crippen molar-refractivity contribution in [2.24, 2.45) is 5.92 Å². The van der Waals surface area contributed by atoms with E-state index in [0.717, 1.165) is 25.2 Å². The minimum atomic E-state index is -0.338. The molecule has 138 valence electrons. The number of nitrogens with zero attached hydrogens (tertiary/aromatic N) is 1. The van der Waals surface area contributed by atoms with Crippen LogP contribution in [0, 0.1) is 5.92 Å². The van der Waals surface area contributed by atoms with Crippen LogP contribution in [0.3, 0.4) is 0 Å². The van der Waals surface area contributed by atoms with Gasteiger partial charge in [0.1, 0.15) is 11.3 Å². The van der Waals surface area contributed by atoms with Crippen molar-refractivity contribution in [2.75, 3.05) is 13.6 Å². The second kappa shape index (κ2) is 11.3. The minimum absolute atomic E-state index is 0.0128. The summed E-state index contributed by atoms with van der Waals surface area (Å²) in [4.78, 5) is 24.8. The van der Waals surface area contributed by atoms with E-state index in [1.165, 1.54) is 49.8 Å². The lowest BCUT2D eigenvalue weighted by atomic mass is 9.99. The molecule has 1 saturated heterocycles. The van der Waals surface area contributed by atoms with Crippen molar-refractivity contribution < 1.29 is 14.7 Å². The molecule has 1 unspecified atom stereocenters. The summed E-state index contributed by atoms with van der Waals surface area (Å²) in [7, 11) is 1.59. The van der Waals surface area contributed by atoms with Gasteiger partial charge in [0.15, 0.2) is 5.78 Å². The number of hydrogen-bond acceptors (Lipinski definition) is 3. The third-order valence-corrected chi connectivity index (χ3v) is 5.07. The van der Waals surface area contributed by atoms with Crippen LogP contribution < -0.4 is 0 Å². The SMILES string of the molecule is CCC(C)CCCCCCCCCC/C(O)=C1\C(=O)CN(C)C1=O. The maximum Gasteiger partial charge on any atom is 0.261 e. The largest absolute Gasteiger partial charge is 0.511 e. The highest BCUT2D eigenvalue weighted by Crippen LogP contribution is 2.20. The van der Waals surface area contributed by atoms with Gasteiger partial charge in [0.25, 0.3) is 5.91 Å². The molecule has 1 aliphatic heterocycles. The number of likely N-dealkylation sites (tertiary alicyclic amines) is 1. The lowest BCUT2D eigenvalue weighted by molar-refractivity contribution is -0.123. The summed E-state index contributed by atoms with van der Waals surface area (Å²) in [6.45, 7) is 4.68. The van der Waals surface area contributed by atoms with Crippen LogP contribution in [0.5, 0.6) is 0 Å². The molecule has 0 radical (unpaired) electrons. The minimum Gasteiger partial charge on any atom is -0.511 e. The molecule has 1 fully saturated rings. The van der Waals surface area contributed by atoms with E-state index in [2.05, 4.69) is 13.8 Å². The number of hydrogen-bond donors (Lipinski definition) is 1. The van der Waals surface area contributed by atoms with Gasteiger partial charge in [-0.15, -0.1) is 0 Å². The van der Waals surface area contributed by atoms with E-state index in [9.17, 15) is 14.7 Å². The number of Topliss-reactive ketones (excluding diaryl/α,β-unsaturated/α-hetero) is 1. The predicted octanol–water partition coefficient (Wildman–Crippen LogP) is 4.79. The Morgan fingerprint density at radius 2 is 1.58 bits per heavy atom. The van der Waals surface area contributed by atoms with E-state index in [-0.39, 0.29) is 29.6 Å². The summed E-state index contributed by atoms with van der Waals surface area (Å²) in [5.74, 6) is 0.261. The van der Waals surface area contributed by atoms with E-state index in [0.29, 0.717) is 6.42 Å². The summed E-state index contributed by atoms with van der Waals surface area (Å²) < 4.78 is 0. The standard InChI is InChI=1S/C20H35NO3/c1-4-16(2)13-11-9-7-5-6-8-10-12-14-17(22)19-18(23)15-21(3)20(19)24/h16,22H,4-15H2,1-3H3/b19-17-. The highest BCUT2D eigenvalue weighted by Gasteiger charge is 2.33. The molecule has 1 aliphatic rings. The van der Waals surface area contributed by atoms with Crippen molar-refractivity contribution in [1.82, 2.24) is 4.90 Å². The Labute approximate surface area is 147 Å². The van der Waals surface area contributed by atoms with Crippen LogP contribution in [-0.2, 0) is 9.59 Å². The lowest BCUT2D eigenvalue weighted by Gasteiger charge is -2.07. The van der Waals surface area contributed by atoms with Gasteiger partial charge < -0.3 is 10.0 Å². The molecule has 24 heavy (non-hydrogen) atoms. The monoisotopic (exact) mass is 337 g/mol. The molecule has 0 bridgehead atoms. The molecule has 0 aromatic rings. The van der Waals surface area contributed by atoms with Crippen LogP contribution in [0.2, 0.25) is 0 Å². The van der Waals surface area contributed by atoms with Crippen LogP contribution in [0.1, 0.15) is 84.5 Å². The fraction of sp³-hybridized carbons (Fsp3) is 0.800. The van der Waals surface area contributed by atoms with Crippen LogP contribution >= 0.6 is 0 Å². The topological polar surface area (TPSA) is 57.6 Å². The smallest absolute Gasteiger partial charge is 0.261 e. The normalized spacial score (nSPS) is 18.4. The average molecular weight is 338 g/mol. The van der Waals surface area contributed by atoms with Gasteiger partial charge in [0, 0.05) is 13.5 Å². The van der Waals surface area contributed by atoms with Gasteiger partial charge in [-0.3, -0.25) is 9.59 Å². The fourth-order valence-electron chi connectivity index (χ4n) is 3.14. The summed E-state index contributed by atoms with van der Waals surface area (Å²) in [6.07, 6.45) is 12.7. The van der Waals surface area contributed by atoms with Crippen molar-refractivity contribution in [3.8, 4) is 0 Å². The first-order chi connectivity index (χ1) is 11.5. The number of allylic oxidation sites excluding steroid dienone is 1. The molecule has 1 N–H and O–H groups in total. The van der Waals surface area contributed by atoms with Gasteiger partial charge in [-0.05, 0) is 12.3 Å². The zero-order valence-corrected chi connectivity index (χ0v) is 15.8. The molecule has 1 atom stereocenters. The number of likely N-dealkylation sites (N-methyl/N-ethyl adjacent to an activating group) is 1. The maximum absolute atomic E-state index is 11.8. The molecule has 0 spiro atoms. The third kappa shape index (κ3) is 7.06. The highest BCUT2D eigenvalue weighted by molar-refractivity contribution is 6.25. The second-order valence-electron chi connectivity index (χ2n) is 7.29. The average Bonchev–Trinajstić information content (AvgIpc) is 2.81. The molecular weight excluding hydrogens is 302 g/mol. The van der Waals surface area contributed by atoms with Gasteiger partial charge in [-0.2, -0.15) is 0 Å². The molecule has 0 saturated carbocycles. The van der Waals surface area contributed by atoms with E-state index in [1.807, 2.05) is 0 Å². The Balaban J connectivity index is 2.04. The third-order valence-electron chi connectivity index (χ3n) is 5.07. The van der Waals surface area contributed by atoms with Crippen molar-refractivity contribution in [3.05, 3.63) is 11.3 Å². The number of ketones is 1. The Hall–Kier alpha value is -1.32. The molecule has 1 amide bonds. The molecule has 0 aromatic carbocycles. The summed E-state index contributed by atoms with van der Waals surface area (Å²) in [5.41, 5.74) is 0.0128. The van der Waals surface area contributed by atoms with Crippen LogP contribution in [0.15, 0.2) is 11.3 Å². The van der Waals surface area contributed by atoms with E-state index >= 15 is 0 Å². The van der Waals surface area contributed by atoms with Crippen LogP contribution in [0.25, 0.3) is 0 Å².